The number of H-pyrrole nitrogens is 1. The van der Waals surface area contributed by atoms with Gasteiger partial charge in [0.25, 0.3) is 0 Å². The Kier molecular flexibility index (Phi) is 3.12. The third kappa shape index (κ3) is 2.48. The van der Waals surface area contributed by atoms with Crippen LogP contribution in [0.5, 0.6) is 5.75 Å². The molecule has 0 aliphatic rings. The molecule has 101 valence electrons. The number of nitrogens with zero attached hydrogens (tertiary/aromatic N) is 4. The number of hydrogen-bond acceptors (Lipinski definition) is 6. The van der Waals surface area contributed by atoms with Gasteiger partial charge in [0.1, 0.15) is 28.9 Å². The van der Waals surface area contributed by atoms with Crippen molar-refractivity contribution in [3.8, 4) is 5.75 Å². The average molecular weight is 273 g/mol. The van der Waals surface area contributed by atoms with Crippen LogP contribution in [0.2, 0.25) is 0 Å². The number of aromatic nitrogens is 5. The van der Waals surface area contributed by atoms with Gasteiger partial charge in [0.05, 0.1) is 18.6 Å². The van der Waals surface area contributed by atoms with E-state index in [0.717, 1.165) is 6.20 Å². The Morgan fingerprint density at radius 3 is 3.05 bits per heavy atom. The zero-order valence-corrected chi connectivity index (χ0v) is 10.2. The number of aromatic amines is 1. The van der Waals surface area contributed by atoms with Crippen LogP contribution in [0.3, 0.4) is 0 Å². The Morgan fingerprint density at radius 2 is 2.20 bits per heavy atom. The molecule has 7 nitrogen and oxygen atoms in total. The lowest BCUT2D eigenvalue weighted by Gasteiger charge is -2.16. The molecule has 3 rings (SSSR count). The third-order valence-corrected chi connectivity index (χ3v) is 2.50. The van der Waals surface area contributed by atoms with Crippen molar-refractivity contribution < 1.29 is 9.13 Å². The minimum Gasteiger partial charge on any atom is -0.469 e. The van der Waals surface area contributed by atoms with Gasteiger partial charge in [0.2, 0.25) is 0 Å². The molecule has 8 heteroatoms. The fourth-order valence-corrected chi connectivity index (χ4v) is 1.68. The Bertz CT molecular complexity index is 731. The predicted molar refractivity (Wildman–Crippen MR) is 69.3 cm³/mol. The van der Waals surface area contributed by atoms with Crippen LogP contribution in [0, 0.1) is 12.7 Å². The van der Waals surface area contributed by atoms with Crippen molar-refractivity contribution >= 4 is 16.9 Å². The summed E-state index contributed by atoms with van der Waals surface area (Å²) < 4.78 is 18.4. The Hall–Kier alpha value is -2.77. The highest BCUT2D eigenvalue weighted by Crippen LogP contribution is 2.17. The van der Waals surface area contributed by atoms with Crippen molar-refractivity contribution in [2.45, 2.75) is 6.23 Å². The quantitative estimate of drug-likeness (QED) is 0.701. The van der Waals surface area contributed by atoms with Gasteiger partial charge in [-0.1, -0.05) is 0 Å². The molecule has 0 saturated carbocycles. The summed E-state index contributed by atoms with van der Waals surface area (Å²) in [6, 6.07) is 1.22. The number of halogens is 1. The van der Waals surface area contributed by atoms with Gasteiger partial charge in [0.15, 0.2) is 12.0 Å². The maximum Gasteiger partial charge on any atom is 0.171 e. The molecular formula is C12H10FN6O. The van der Waals surface area contributed by atoms with Gasteiger partial charge in [-0.3, -0.25) is 10.1 Å². The lowest BCUT2D eigenvalue weighted by Crippen LogP contribution is -2.23. The highest BCUT2D eigenvalue weighted by atomic mass is 19.1. The summed E-state index contributed by atoms with van der Waals surface area (Å²) in [5, 5.41) is 9.58. The van der Waals surface area contributed by atoms with Crippen LogP contribution in [0.25, 0.3) is 11.0 Å². The van der Waals surface area contributed by atoms with Crippen molar-refractivity contribution in [2.24, 2.45) is 0 Å². The first-order chi connectivity index (χ1) is 9.72. The van der Waals surface area contributed by atoms with E-state index >= 15 is 0 Å². The molecule has 0 aliphatic carbocycles. The van der Waals surface area contributed by atoms with Gasteiger partial charge < -0.3 is 10.1 Å². The topological polar surface area (TPSA) is 88.6 Å². The molecule has 3 aromatic rings. The number of fused-ring (bicyclic) bond motifs is 1. The van der Waals surface area contributed by atoms with Crippen molar-refractivity contribution in [3.63, 3.8) is 0 Å². The van der Waals surface area contributed by atoms with E-state index in [0.29, 0.717) is 16.9 Å². The maximum atomic E-state index is 13.0. The second-order valence-corrected chi connectivity index (χ2v) is 3.94. The molecule has 20 heavy (non-hydrogen) atoms. The van der Waals surface area contributed by atoms with E-state index in [1.54, 1.807) is 6.20 Å². The van der Waals surface area contributed by atoms with Crippen molar-refractivity contribution in [3.05, 3.63) is 43.7 Å². The second kappa shape index (κ2) is 5.08. The Labute approximate surface area is 113 Å². The van der Waals surface area contributed by atoms with Crippen LogP contribution in [0.15, 0.2) is 31.0 Å². The summed E-state index contributed by atoms with van der Waals surface area (Å²) in [4.78, 5) is 11.8. The second-order valence-electron chi connectivity index (χ2n) is 3.94. The zero-order valence-electron chi connectivity index (χ0n) is 10.2. The summed E-state index contributed by atoms with van der Waals surface area (Å²) in [5.41, 5.74) is 1.31. The van der Waals surface area contributed by atoms with E-state index in [9.17, 15) is 4.39 Å². The Morgan fingerprint density at radius 1 is 1.30 bits per heavy atom. The minimum absolute atomic E-state index is 0.271. The molecule has 2 N–H and O–H groups in total. The van der Waals surface area contributed by atoms with Crippen molar-refractivity contribution in [1.29, 1.82) is 0 Å². The minimum atomic E-state index is -0.681. The van der Waals surface area contributed by atoms with E-state index in [-0.39, 0.29) is 5.75 Å². The molecule has 0 amide bonds. The molecule has 0 aromatic carbocycles. The van der Waals surface area contributed by atoms with Crippen LogP contribution in [0.1, 0.15) is 0 Å². The maximum absolute atomic E-state index is 13.0. The number of rotatable bonds is 4. The monoisotopic (exact) mass is 273 g/mol. The number of nitrogens with one attached hydrogen (secondary N) is 2. The summed E-state index contributed by atoms with van der Waals surface area (Å²) in [6.45, 7) is 3.77. The molecule has 3 aromatic heterocycles. The molecule has 0 fully saturated rings. The van der Waals surface area contributed by atoms with Gasteiger partial charge in [0, 0.05) is 13.0 Å². The predicted octanol–water partition coefficient (Wildman–Crippen LogP) is 1.54. The summed E-state index contributed by atoms with van der Waals surface area (Å²) in [5.74, 6) is 0.289. The van der Waals surface area contributed by atoms with Crippen LogP contribution in [-0.4, -0.2) is 31.4 Å². The van der Waals surface area contributed by atoms with Crippen molar-refractivity contribution in [1.82, 2.24) is 25.1 Å². The largest absolute Gasteiger partial charge is 0.469 e. The van der Waals surface area contributed by atoms with E-state index in [2.05, 4.69) is 37.4 Å². The average Bonchev–Trinajstić information content (AvgIpc) is 2.88. The van der Waals surface area contributed by atoms with Crippen LogP contribution >= 0.6 is 0 Å². The fraction of sp³-hybridized carbons (Fsp3) is 0.0833. The number of pyridine rings is 1. The standard InChI is InChI=1S/C12H10FN6O/c1-7(20-9-2-8(13)3-14-4-9)18-12-11-10(5-17-19-11)15-6-16-12/h2-7H,1H2,(H,17,19)(H,15,16,18). The smallest absolute Gasteiger partial charge is 0.171 e. The molecule has 0 spiro atoms. The zero-order chi connectivity index (χ0) is 13.9. The van der Waals surface area contributed by atoms with Crippen LogP contribution < -0.4 is 10.1 Å². The van der Waals surface area contributed by atoms with Gasteiger partial charge in [-0.2, -0.15) is 5.10 Å². The van der Waals surface area contributed by atoms with E-state index in [1.165, 1.54) is 18.6 Å². The molecular weight excluding hydrogens is 263 g/mol. The molecule has 1 atom stereocenters. The van der Waals surface area contributed by atoms with Gasteiger partial charge in [-0.25, -0.2) is 14.4 Å². The van der Waals surface area contributed by atoms with E-state index in [4.69, 9.17) is 4.74 Å². The van der Waals surface area contributed by atoms with Crippen LogP contribution in [0.4, 0.5) is 10.2 Å². The molecule has 1 unspecified atom stereocenters. The number of ether oxygens (including phenoxy) is 1. The molecule has 0 bridgehead atoms. The Balaban J connectivity index is 1.76. The lowest BCUT2D eigenvalue weighted by atomic mass is 10.4. The highest BCUT2D eigenvalue weighted by Gasteiger charge is 2.10. The van der Waals surface area contributed by atoms with Gasteiger partial charge >= 0.3 is 0 Å². The summed E-state index contributed by atoms with van der Waals surface area (Å²) in [6.07, 6.45) is 4.79. The lowest BCUT2D eigenvalue weighted by molar-refractivity contribution is 0.272. The summed E-state index contributed by atoms with van der Waals surface area (Å²) in [7, 11) is 0. The van der Waals surface area contributed by atoms with Gasteiger partial charge in [-0.05, 0) is 0 Å². The SMILES string of the molecule is [CH2]C(Nc1ncnc2cn[nH]c12)Oc1cncc(F)c1. The first kappa shape index (κ1) is 12.3. The molecule has 0 aliphatic heterocycles. The first-order valence-electron chi connectivity index (χ1n) is 5.73. The molecule has 1 radical (unpaired) electrons. The fourth-order valence-electron chi connectivity index (χ4n) is 1.68. The van der Waals surface area contributed by atoms with Gasteiger partial charge in [-0.15, -0.1) is 0 Å². The van der Waals surface area contributed by atoms with E-state index in [1.807, 2.05) is 0 Å². The normalized spacial score (nSPS) is 12.3. The molecule has 3 heterocycles. The molecule has 0 saturated heterocycles. The van der Waals surface area contributed by atoms with Crippen LogP contribution in [-0.2, 0) is 0 Å². The van der Waals surface area contributed by atoms with Crippen molar-refractivity contribution in [2.75, 3.05) is 5.32 Å². The summed E-state index contributed by atoms with van der Waals surface area (Å²) >= 11 is 0. The first-order valence-corrected chi connectivity index (χ1v) is 5.73. The number of hydrogen-bond donors (Lipinski definition) is 2. The highest BCUT2D eigenvalue weighted by molar-refractivity contribution is 5.84. The van der Waals surface area contributed by atoms with E-state index < -0.39 is 12.0 Å². The third-order valence-electron chi connectivity index (χ3n) is 2.50. The number of anilines is 1.